The van der Waals surface area contributed by atoms with Gasteiger partial charge in [-0.3, -0.25) is 4.79 Å². The number of aryl methyl sites for hydroxylation is 1. The summed E-state index contributed by atoms with van der Waals surface area (Å²) >= 11 is 1.35. The van der Waals surface area contributed by atoms with Crippen molar-refractivity contribution in [1.82, 2.24) is 4.98 Å². The Balaban J connectivity index is 1.90. The van der Waals surface area contributed by atoms with Gasteiger partial charge in [-0.15, -0.1) is 11.3 Å². The monoisotopic (exact) mass is 318 g/mol. The van der Waals surface area contributed by atoms with E-state index < -0.39 is 5.92 Å². The Labute approximate surface area is 138 Å². The molecule has 0 fully saturated rings. The van der Waals surface area contributed by atoms with Crippen LogP contribution in [0.1, 0.15) is 26.8 Å². The molecular weight excluding hydrogens is 304 g/mol. The van der Waals surface area contributed by atoms with Gasteiger partial charge in [-0.05, 0) is 6.92 Å². The van der Waals surface area contributed by atoms with Gasteiger partial charge in [0, 0.05) is 16.5 Å². The zero-order valence-corrected chi connectivity index (χ0v) is 13.4. The molecule has 0 aliphatic carbocycles. The van der Waals surface area contributed by atoms with Gasteiger partial charge in [-0.2, -0.15) is 5.26 Å². The first kappa shape index (κ1) is 15.1. The van der Waals surface area contributed by atoms with E-state index in [0.717, 1.165) is 11.3 Å². The minimum atomic E-state index is -0.860. The standard InChI is InChI=1S/C19H14N2OS/c1-13-7-9-14(10-8-13)17-12-23-19(21-17)16(11-20)18(22)15-5-3-2-4-6-15/h2-10,12,16H,1H3. The fraction of sp³-hybridized carbons (Fsp3) is 0.105. The van der Waals surface area contributed by atoms with E-state index in [-0.39, 0.29) is 5.78 Å². The van der Waals surface area contributed by atoms with Crippen LogP contribution in [0.25, 0.3) is 11.3 Å². The molecule has 1 heterocycles. The Hall–Kier alpha value is -2.77. The number of hydrogen-bond donors (Lipinski definition) is 0. The number of Topliss-reactive ketones (excluding diaryl/α,β-unsaturated/α-hetero) is 1. The van der Waals surface area contributed by atoms with Crippen LogP contribution in [0.3, 0.4) is 0 Å². The molecule has 1 aromatic heterocycles. The van der Waals surface area contributed by atoms with E-state index in [2.05, 4.69) is 11.1 Å². The maximum Gasteiger partial charge on any atom is 0.186 e. The van der Waals surface area contributed by atoms with Gasteiger partial charge in [-0.25, -0.2) is 4.98 Å². The van der Waals surface area contributed by atoms with Crippen molar-refractivity contribution in [3.05, 3.63) is 76.1 Å². The maximum absolute atomic E-state index is 12.5. The highest BCUT2D eigenvalue weighted by atomic mass is 32.1. The number of benzene rings is 2. The van der Waals surface area contributed by atoms with Crippen molar-refractivity contribution in [2.24, 2.45) is 0 Å². The highest BCUT2D eigenvalue weighted by Crippen LogP contribution is 2.28. The minimum absolute atomic E-state index is 0.210. The first-order valence-electron chi connectivity index (χ1n) is 7.20. The lowest BCUT2D eigenvalue weighted by molar-refractivity contribution is 0.0979. The van der Waals surface area contributed by atoms with Crippen molar-refractivity contribution >= 4 is 17.1 Å². The zero-order valence-electron chi connectivity index (χ0n) is 12.6. The molecule has 112 valence electrons. The molecule has 23 heavy (non-hydrogen) atoms. The van der Waals surface area contributed by atoms with Gasteiger partial charge in [0.25, 0.3) is 0 Å². The number of carbonyl (C=O) groups is 1. The van der Waals surface area contributed by atoms with E-state index in [4.69, 9.17) is 0 Å². The Bertz CT molecular complexity index is 860. The molecule has 0 bridgehead atoms. The summed E-state index contributed by atoms with van der Waals surface area (Å²) in [4.78, 5) is 17.0. The van der Waals surface area contributed by atoms with E-state index in [1.807, 2.05) is 42.6 Å². The van der Waals surface area contributed by atoms with Gasteiger partial charge in [0.2, 0.25) is 0 Å². The Morgan fingerprint density at radius 1 is 1.13 bits per heavy atom. The molecule has 0 aliphatic rings. The van der Waals surface area contributed by atoms with Crippen molar-refractivity contribution in [3.63, 3.8) is 0 Å². The summed E-state index contributed by atoms with van der Waals surface area (Å²) in [6.45, 7) is 2.03. The van der Waals surface area contributed by atoms with Crippen LogP contribution in [0.2, 0.25) is 0 Å². The van der Waals surface area contributed by atoms with Gasteiger partial charge in [0.1, 0.15) is 5.01 Å². The largest absolute Gasteiger partial charge is 0.292 e. The lowest BCUT2D eigenvalue weighted by Crippen LogP contribution is -2.10. The highest BCUT2D eigenvalue weighted by molar-refractivity contribution is 7.10. The van der Waals surface area contributed by atoms with Crippen LogP contribution in [0.15, 0.2) is 60.0 Å². The minimum Gasteiger partial charge on any atom is -0.292 e. The molecule has 0 saturated carbocycles. The number of carbonyl (C=O) groups excluding carboxylic acids is 1. The fourth-order valence-corrected chi connectivity index (χ4v) is 3.14. The second-order valence-corrected chi connectivity index (χ2v) is 6.12. The van der Waals surface area contributed by atoms with Gasteiger partial charge in [-0.1, -0.05) is 60.2 Å². The zero-order chi connectivity index (χ0) is 16.2. The first-order valence-corrected chi connectivity index (χ1v) is 8.08. The summed E-state index contributed by atoms with van der Waals surface area (Å²) in [5.41, 5.74) is 3.50. The van der Waals surface area contributed by atoms with Crippen LogP contribution < -0.4 is 0 Å². The van der Waals surface area contributed by atoms with Crippen LogP contribution in [-0.4, -0.2) is 10.8 Å². The van der Waals surface area contributed by atoms with Crippen LogP contribution in [0.4, 0.5) is 0 Å². The van der Waals surface area contributed by atoms with Crippen molar-refractivity contribution in [3.8, 4) is 17.3 Å². The van der Waals surface area contributed by atoms with Gasteiger partial charge in [0.05, 0.1) is 11.8 Å². The average molecular weight is 318 g/mol. The summed E-state index contributed by atoms with van der Waals surface area (Å²) < 4.78 is 0. The van der Waals surface area contributed by atoms with Gasteiger partial charge in [0.15, 0.2) is 11.7 Å². The fourth-order valence-electron chi connectivity index (χ4n) is 2.27. The molecule has 3 nitrogen and oxygen atoms in total. The summed E-state index contributed by atoms with van der Waals surface area (Å²) in [6, 6.07) is 19.0. The lowest BCUT2D eigenvalue weighted by atomic mass is 9.99. The number of aromatic nitrogens is 1. The Morgan fingerprint density at radius 3 is 2.48 bits per heavy atom. The molecule has 0 radical (unpaired) electrons. The molecule has 1 unspecified atom stereocenters. The number of rotatable bonds is 4. The number of nitrogens with zero attached hydrogens (tertiary/aromatic N) is 2. The second-order valence-electron chi connectivity index (χ2n) is 5.23. The summed E-state index contributed by atoms with van der Waals surface area (Å²) in [5.74, 6) is -1.07. The quantitative estimate of drug-likeness (QED) is 0.660. The van der Waals surface area contributed by atoms with E-state index in [0.29, 0.717) is 10.6 Å². The smallest absolute Gasteiger partial charge is 0.186 e. The van der Waals surface area contributed by atoms with Crippen LogP contribution in [-0.2, 0) is 0 Å². The van der Waals surface area contributed by atoms with Crippen LogP contribution >= 0.6 is 11.3 Å². The molecule has 0 spiro atoms. The first-order chi connectivity index (χ1) is 11.2. The predicted octanol–water partition coefficient (Wildman–Crippen LogP) is 4.61. The maximum atomic E-state index is 12.5. The summed E-state index contributed by atoms with van der Waals surface area (Å²) in [7, 11) is 0. The third kappa shape index (κ3) is 3.20. The molecule has 3 aromatic rings. The molecule has 1 atom stereocenters. The van der Waals surface area contributed by atoms with Crippen molar-refractivity contribution in [2.45, 2.75) is 12.8 Å². The number of nitriles is 1. The van der Waals surface area contributed by atoms with Gasteiger partial charge >= 0.3 is 0 Å². The molecule has 2 aromatic carbocycles. The molecule has 0 amide bonds. The average Bonchev–Trinajstić information content (AvgIpc) is 3.06. The van der Waals surface area contributed by atoms with Crippen molar-refractivity contribution in [1.29, 1.82) is 5.26 Å². The molecular formula is C19H14N2OS. The molecule has 4 heteroatoms. The second kappa shape index (κ2) is 6.55. The van der Waals surface area contributed by atoms with Crippen LogP contribution in [0, 0.1) is 18.3 Å². The molecule has 0 aliphatic heterocycles. The SMILES string of the molecule is Cc1ccc(-c2csc(C(C#N)C(=O)c3ccccc3)n2)cc1. The van der Waals surface area contributed by atoms with E-state index in [1.165, 1.54) is 16.9 Å². The third-order valence-corrected chi connectivity index (χ3v) is 4.48. The lowest BCUT2D eigenvalue weighted by Gasteiger charge is -2.04. The van der Waals surface area contributed by atoms with Crippen molar-refractivity contribution in [2.75, 3.05) is 0 Å². The molecule has 3 rings (SSSR count). The van der Waals surface area contributed by atoms with Gasteiger partial charge < -0.3 is 0 Å². The van der Waals surface area contributed by atoms with Crippen LogP contribution in [0.5, 0.6) is 0 Å². The third-order valence-electron chi connectivity index (χ3n) is 3.57. The normalized spacial score (nSPS) is 11.7. The topological polar surface area (TPSA) is 53.8 Å². The summed E-state index contributed by atoms with van der Waals surface area (Å²) in [5, 5.41) is 11.9. The van der Waals surface area contributed by atoms with E-state index in [9.17, 15) is 10.1 Å². The summed E-state index contributed by atoms with van der Waals surface area (Å²) in [6.07, 6.45) is 0. The number of hydrogen-bond acceptors (Lipinski definition) is 4. The Kier molecular flexibility index (Phi) is 4.31. The predicted molar refractivity (Wildman–Crippen MR) is 91.4 cm³/mol. The molecule has 0 saturated heterocycles. The molecule has 0 N–H and O–H groups in total. The highest BCUT2D eigenvalue weighted by Gasteiger charge is 2.24. The Morgan fingerprint density at radius 2 is 1.83 bits per heavy atom. The van der Waals surface area contributed by atoms with Crippen molar-refractivity contribution < 1.29 is 4.79 Å². The number of ketones is 1. The van der Waals surface area contributed by atoms with E-state index in [1.54, 1.807) is 24.3 Å². The number of thiazole rings is 1. The van der Waals surface area contributed by atoms with E-state index >= 15 is 0 Å².